The molecule has 0 saturated carbocycles. The predicted octanol–water partition coefficient (Wildman–Crippen LogP) is 8.59. The van der Waals surface area contributed by atoms with Gasteiger partial charge in [0.25, 0.3) is 0 Å². The normalized spacial score (nSPS) is 12.0. The lowest BCUT2D eigenvalue weighted by Crippen LogP contribution is -2.41. The number of amides is 1. The van der Waals surface area contributed by atoms with Gasteiger partial charge in [0.05, 0.1) is 13.0 Å². The van der Waals surface area contributed by atoms with E-state index >= 15 is 0 Å². The van der Waals surface area contributed by atoms with Crippen LogP contribution >= 0.6 is 0 Å². The summed E-state index contributed by atoms with van der Waals surface area (Å²) in [5, 5.41) is 3.76. The van der Waals surface area contributed by atoms with E-state index in [2.05, 4.69) is 4.74 Å². The van der Waals surface area contributed by atoms with Gasteiger partial charge in [-0.2, -0.15) is 8.78 Å². The molecule has 0 bridgehead atoms. The van der Waals surface area contributed by atoms with Crippen molar-refractivity contribution in [1.82, 2.24) is 14.6 Å². The lowest BCUT2D eigenvalue weighted by molar-refractivity contribution is -0.135. The number of para-hydroxylation sites is 1. The minimum Gasteiger partial charge on any atom is -0.447 e. The van der Waals surface area contributed by atoms with Gasteiger partial charge in [0.1, 0.15) is 6.61 Å². The minimum atomic E-state index is -2.35. The molecule has 12 heteroatoms. The Kier molecular flexibility index (Phi) is 10.7. The number of nitrogens with zero attached hydrogens (tertiary/aromatic N) is 3. The number of halogens is 5. The zero-order chi connectivity index (χ0) is 35.4. The Hall–Kier alpha value is -5.23. The van der Waals surface area contributed by atoms with Crippen molar-refractivity contribution in [2.24, 2.45) is 0 Å². The molecule has 49 heavy (non-hydrogen) atoms. The molecule has 1 aliphatic rings. The van der Waals surface area contributed by atoms with Crippen LogP contribution in [-0.2, 0) is 22.6 Å². The van der Waals surface area contributed by atoms with E-state index in [0.717, 1.165) is 27.6 Å². The van der Waals surface area contributed by atoms with Gasteiger partial charge in [-0.15, -0.1) is 0 Å². The summed E-state index contributed by atoms with van der Waals surface area (Å²) >= 11 is 0. The van der Waals surface area contributed by atoms with Crippen molar-refractivity contribution in [3.8, 4) is 16.9 Å². The largest absolute Gasteiger partial charge is 0.447 e. The Bertz CT molecular complexity index is 1940. The Balaban J connectivity index is 0.00000230. The summed E-state index contributed by atoms with van der Waals surface area (Å²) in [6, 6.07) is 25.1. The number of fused-ring (bicyclic) bond motifs is 4. The number of hydrogen-bond acceptors (Lipinski definition) is 5. The lowest BCUT2D eigenvalue weighted by atomic mass is 9.98. The molecule has 1 amide bonds. The average Bonchev–Trinajstić information content (AvgIpc) is 3.64. The summed E-state index contributed by atoms with van der Waals surface area (Å²) in [5.41, 5.74) is 5.76. The molecule has 7 nitrogen and oxygen atoms in total. The van der Waals surface area contributed by atoms with Gasteiger partial charge in [-0.25, -0.2) is 28.0 Å². The standard InChI is InChI=1S/C35H28F5N3O4.C2H6/c1-41(42(2)35(45)46-19-26-24-12-6-4-10-22(24)23-11-5-7-13-25(23)26)18-21-17-20-9-3-8-14-27(20)43(21)16-15-28(44)47-34-32(39)30(37)29(36)31(38)33(34)40;1-2/h3-14,17,26H,15-16,18-19H2,1-2H3;1-2H3. The van der Waals surface area contributed by atoms with Crippen LogP contribution in [0, 0.1) is 29.1 Å². The van der Waals surface area contributed by atoms with E-state index in [9.17, 15) is 31.5 Å². The first-order chi connectivity index (χ1) is 23.6. The Morgan fingerprint density at radius 2 is 1.29 bits per heavy atom. The van der Waals surface area contributed by atoms with Gasteiger partial charge in [-0.1, -0.05) is 80.6 Å². The number of benzene rings is 4. The molecule has 1 heterocycles. The van der Waals surface area contributed by atoms with Crippen molar-refractivity contribution in [3.63, 3.8) is 0 Å². The molecule has 0 fully saturated rings. The van der Waals surface area contributed by atoms with Crippen LogP contribution in [0.15, 0.2) is 78.9 Å². The summed E-state index contributed by atoms with van der Waals surface area (Å²) < 4.78 is 80.8. The first kappa shape index (κ1) is 35.1. The first-order valence-corrected chi connectivity index (χ1v) is 15.7. The number of ether oxygens (including phenoxy) is 2. The van der Waals surface area contributed by atoms with E-state index in [1.165, 1.54) is 5.01 Å². The Labute approximate surface area is 280 Å². The fraction of sp³-hybridized carbons (Fsp3) is 0.243. The highest BCUT2D eigenvalue weighted by atomic mass is 19.2. The molecule has 0 saturated heterocycles. The highest BCUT2D eigenvalue weighted by Gasteiger charge is 2.31. The van der Waals surface area contributed by atoms with E-state index in [1.807, 2.05) is 80.6 Å². The highest BCUT2D eigenvalue weighted by molar-refractivity contribution is 5.82. The topological polar surface area (TPSA) is 64.0 Å². The van der Waals surface area contributed by atoms with Crippen molar-refractivity contribution < 1.29 is 41.0 Å². The van der Waals surface area contributed by atoms with Crippen molar-refractivity contribution in [2.75, 3.05) is 20.7 Å². The molecule has 5 aromatic rings. The molecule has 0 aliphatic heterocycles. The molecular weight excluding hydrogens is 645 g/mol. The van der Waals surface area contributed by atoms with Gasteiger partial charge in [-0.05, 0) is 39.8 Å². The van der Waals surface area contributed by atoms with Crippen LogP contribution < -0.4 is 4.74 Å². The Morgan fingerprint density at radius 1 is 0.755 bits per heavy atom. The summed E-state index contributed by atoms with van der Waals surface area (Å²) in [4.78, 5) is 25.7. The van der Waals surface area contributed by atoms with E-state index in [0.29, 0.717) is 11.2 Å². The molecule has 0 spiro atoms. The van der Waals surface area contributed by atoms with Gasteiger partial charge >= 0.3 is 12.1 Å². The fourth-order valence-electron chi connectivity index (χ4n) is 5.87. The van der Waals surface area contributed by atoms with E-state index in [1.54, 1.807) is 35.8 Å². The van der Waals surface area contributed by atoms with Crippen LogP contribution in [0.1, 0.15) is 43.0 Å². The van der Waals surface area contributed by atoms with Crippen LogP contribution in [0.25, 0.3) is 22.0 Å². The molecule has 1 aromatic heterocycles. The monoisotopic (exact) mass is 679 g/mol. The van der Waals surface area contributed by atoms with Gasteiger partial charge < -0.3 is 14.0 Å². The second-order valence-corrected chi connectivity index (χ2v) is 11.1. The maximum atomic E-state index is 14.1. The molecule has 4 aromatic carbocycles. The van der Waals surface area contributed by atoms with Crippen molar-refractivity contribution in [2.45, 2.75) is 39.3 Å². The summed E-state index contributed by atoms with van der Waals surface area (Å²) in [6.45, 7) is 4.26. The second-order valence-electron chi connectivity index (χ2n) is 11.1. The van der Waals surface area contributed by atoms with Crippen LogP contribution in [0.5, 0.6) is 5.75 Å². The van der Waals surface area contributed by atoms with E-state index in [-0.39, 0.29) is 25.6 Å². The molecule has 0 atom stereocenters. The zero-order valence-corrected chi connectivity index (χ0v) is 27.3. The Morgan fingerprint density at radius 3 is 1.90 bits per heavy atom. The van der Waals surface area contributed by atoms with Crippen LogP contribution in [0.2, 0.25) is 0 Å². The van der Waals surface area contributed by atoms with Crippen LogP contribution in [-0.4, -0.2) is 47.3 Å². The van der Waals surface area contributed by atoms with Gasteiger partial charge in [0.2, 0.25) is 34.8 Å². The SMILES string of the molecule is CC.CN(Cc1cc2ccccc2n1CCC(=O)Oc1c(F)c(F)c(F)c(F)c1F)N(C)C(=O)OCC1c2ccccc2-c2ccccc21. The fourth-order valence-corrected chi connectivity index (χ4v) is 5.87. The number of carbonyl (C=O) groups excluding carboxylic acids is 2. The zero-order valence-electron chi connectivity index (χ0n) is 27.3. The number of aromatic nitrogens is 1. The van der Waals surface area contributed by atoms with Crippen molar-refractivity contribution in [3.05, 3.63) is 125 Å². The van der Waals surface area contributed by atoms with Crippen molar-refractivity contribution in [1.29, 1.82) is 0 Å². The molecule has 0 radical (unpaired) electrons. The summed E-state index contributed by atoms with van der Waals surface area (Å²) in [5.74, 6) is -14.2. The van der Waals surface area contributed by atoms with Crippen LogP contribution in [0.3, 0.4) is 0 Å². The molecule has 256 valence electrons. The van der Waals surface area contributed by atoms with Crippen molar-refractivity contribution >= 4 is 23.0 Å². The van der Waals surface area contributed by atoms with Crippen LogP contribution in [0.4, 0.5) is 26.7 Å². The number of carbonyl (C=O) groups is 2. The molecule has 0 N–H and O–H groups in total. The van der Waals surface area contributed by atoms with Gasteiger partial charge in [-0.3, -0.25) is 4.79 Å². The van der Waals surface area contributed by atoms with Gasteiger partial charge in [0, 0.05) is 37.8 Å². The third-order valence-electron chi connectivity index (χ3n) is 8.32. The molecule has 6 rings (SSSR count). The maximum Gasteiger partial charge on any atom is 0.424 e. The summed E-state index contributed by atoms with van der Waals surface area (Å²) in [7, 11) is 3.24. The number of hydrazine groups is 1. The number of aryl methyl sites for hydroxylation is 1. The van der Waals surface area contributed by atoms with Gasteiger partial charge in [0.15, 0.2) is 0 Å². The highest BCUT2D eigenvalue weighted by Crippen LogP contribution is 2.44. The van der Waals surface area contributed by atoms with E-state index < -0.39 is 53.3 Å². The predicted molar refractivity (Wildman–Crippen MR) is 174 cm³/mol. The number of hydrogen-bond donors (Lipinski definition) is 0. The van der Waals surface area contributed by atoms with E-state index in [4.69, 9.17) is 4.74 Å². The third-order valence-corrected chi connectivity index (χ3v) is 8.32. The number of rotatable bonds is 9. The summed E-state index contributed by atoms with van der Waals surface area (Å²) in [6.07, 6.45) is -1.04. The number of esters is 1. The minimum absolute atomic E-state index is 0.0560. The third kappa shape index (κ3) is 6.86. The second kappa shape index (κ2) is 14.9. The molecular formula is C37H34F5N3O4. The maximum absolute atomic E-state index is 14.1. The smallest absolute Gasteiger partial charge is 0.424 e. The average molecular weight is 680 g/mol. The molecule has 1 aliphatic carbocycles. The molecule has 0 unspecified atom stereocenters. The first-order valence-electron chi connectivity index (χ1n) is 15.7. The lowest BCUT2D eigenvalue weighted by Gasteiger charge is -2.28. The quantitative estimate of drug-likeness (QED) is 0.0390.